The summed E-state index contributed by atoms with van der Waals surface area (Å²) in [6, 6.07) is 0. The summed E-state index contributed by atoms with van der Waals surface area (Å²) in [7, 11) is 0. The highest BCUT2D eigenvalue weighted by atomic mass is 16.6. The molecule has 0 aromatic carbocycles. The smallest absolute Gasteiger partial charge is 0.306 e. The van der Waals surface area contributed by atoms with E-state index in [1.807, 2.05) is 26.0 Å². The van der Waals surface area contributed by atoms with Gasteiger partial charge in [0.1, 0.15) is 12.2 Å². The average molecular weight is 240 g/mol. The van der Waals surface area contributed by atoms with E-state index in [9.17, 15) is 9.59 Å². The number of rotatable bonds is 0. The normalized spacial score (nSPS) is 30.2. The first-order valence-corrected chi connectivity index (χ1v) is 6.12. The molecule has 0 N–H and O–H groups in total. The van der Waals surface area contributed by atoms with Gasteiger partial charge in [-0.1, -0.05) is 12.2 Å². The molecule has 0 saturated carbocycles. The highest BCUT2D eigenvalue weighted by molar-refractivity contribution is 5.70. The van der Waals surface area contributed by atoms with Crippen LogP contribution in [0.5, 0.6) is 0 Å². The van der Waals surface area contributed by atoms with Gasteiger partial charge >= 0.3 is 11.9 Å². The molecule has 0 aromatic heterocycles. The van der Waals surface area contributed by atoms with E-state index in [1.165, 1.54) is 0 Å². The Balaban J connectivity index is 2.55. The van der Waals surface area contributed by atoms with E-state index >= 15 is 0 Å². The number of carbonyl (C=O) groups is 2. The fraction of sp³-hybridized carbons (Fsp3) is 0.692. The Morgan fingerprint density at radius 1 is 0.941 bits per heavy atom. The quantitative estimate of drug-likeness (QED) is 0.482. The largest absolute Gasteiger partial charge is 0.463 e. The molecule has 0 bridgehead atoms. The Morgan fingerprint density at radius 2 is 1.35 bits per heavy atom. The minimum absolute atomic E-state index is 0.195. The van der Waals surface area contributed by atoms with Gasteiger partial charge in [0.05, 0.1) is 0 Å². The molecule has 0 aliphatic carbocycles. The van der Waals surface area contributed by atoms with Crippen LogP contribution >= 0.6 is 0 Å². The van der Waals surface area contributed by atoms with E-state index in [2.05, 4.69) is 0 Å². The number of ether oxygens (including phenoxy) is 2. The summed E-state index contributed by atoms with van der Waals surface area (Å²) in [6.45, 7) is 3.63. The molecule has 1 aliphatic heterocycles. The summed E-state index contributed by atoms with van der Waals surface area (Å²) >= 11 is 0. The van der Waals surface area contributed by atoms with Crippen molar-refractivity contribution in [2.75, 3.05) is 0 Å². The maximum absolute atomic E-state index is 11.4. The second-order valence-electron chi connectivity index (χ2n) is 4.39. The van der Waals surface area contributed by atoms with Crippen LogP contribution in [0.25, 0.3) is 0 Å². The van der Waals surface area contributed by atoms with Crippen molar-refractivity contribution < 1.29 is 19.1 Å². The predicted octanol–water partition coefficient (Wildman–Crippen LogP) is 2.37. The molecule has 17 heavy (non-hydrogen) atoms. The van der Waals surface area contributed by atoms with Gasteiger partial charge in [0.15, 0.2) is 0 Å². The predicted molar refractivity (Wildman–Crippen MR) is 63.3 cm³/mol. The Labute approximate surface area is 102 Å². The number of hydrogen-bond acceptors (Lipinski definition) is 4. The summed E-state index contributed by atoms with van der Waals surface area (Å²) in [6.07, 6.45) is 6.04. The fourth-order valence-corrected chi connectivity index (χ4v) is 1.77. The standard InChI is InChI=1S/C13H20O4/c1-10-9-11(2)17-13(15)8-6-4-3-5-7-12(14)16-10/h3-4,10-11H,5-9H2,1-2H3/b4-3+/t10-,11+. The third-order valence-electron chi connectivity index (χ3n) is 2.53. The minimum atomic E-state index is -0.213. The minimum Gasteiger partial charge on any atom is -0.463 e. The van der Waals surface area contributed by atoms with Gasteiger partial charge in [-0.3, -0.25) is 9.59 Å². The first-order valence-electron chi connectivity index (χ1n) is 6.12. The molecule has 4 heteroatoms. The van der Waals surface area contributed by atoms with Crippen LogP contribution in [-0.4, -0.2) is 24.1 Å². The molecule has 96 valence electrons. The van der Waals surface area contributed by atoms with Crippen molar-refractivity contribution in [1.82, 2.24) is 0 Å². The Hall–Kier alpha value is -1.32. The van der Waals surface area contributed by atoms with Crippen molar-refractivity contribution in [1.29, 1.82) is 0 Å². The second kappa shape index (κ2) is 7.09. The van der Waals surface area contributed by atoms with Crippen LogP contribution in [0.15, 0.2) is 12.2 Å². The molecule has 0 fully saturated rings. The Kier molecular flexibility index (Phi) is 5.73. The van der Waals surface area contributed by atoms with E-state index in [1.54, 1.807) is 0 Å². The number of allylic oxidation sites excluding steroid dienone is 2. The number of cyclic esters (lactones) is 2. The highest BCUT2D eigenvalue weighted by Crippen LogP contribution is 2.10. The summed E-state index contributed by atoms with van der Waals surface area (Å²) < 4.78 is 10.4. The van der Waals surface area contributed by atoms with E-state index in [0.29, 0.717) is 32.1 Å². The topological polar surface area (TPSA) is 52.6 Å². The van der Waals surface area contributed by atoms with Crippen LogP contribution in [0.1, 0.15) is 46.0 Å². The molecule has 1 rings (SSSR count). The van der Waals surface area contributed by atoms with Crippen LogP contribution in [-0.2, 0) is 19.1 Å². The summed E-state index contributed by atoms with van der Waals surface area (Å²) in [5.74, 6) is -0.389. The van der Waals surface area contributed by atoms with Crippen LogP contribution < -0.4 is 0 Å². The summed E-state index contributed by atoms with van der Waals surface area (Å²) in [4.78, 5) is 22.8. The van der Waals surface area contributed by atoms with Crippen LogP contribution in [0.4, 0.5) is 0 Å². The first kappa shape index (κ1) is 13.7. The molecule has 4 nitrogen and oxygen atoms in total. The molecule has 0 unspecified atom stereocenters. The molecular weight excluding hydrogens is 220 g/mol. The van der Waals surface area contributed by atoms with Gasteiger partial charge in [0.2, 0.25) is 0 Å². The Bertz CT molecular complexity index is 268. The van der Waals surface area contributed by atoms with Crippen LogP contribution in [0.3, 0.4) is 0 Å². The average Bonchev–Trinajstić information content (AvgIpc) is 2.21. The van der Waals surface area contributed by atoms with Gasteiger partial charge in [0, 0.05) is 19.3 Å². The highest BCUT2D eigenvalue weighted by Gasteiger charge is 2.16. The van der Waals surface area contributed by atoms with E-state index in [4.69, 9.17) is 9.47 Å². The second-order valence-corrected chi connectivity index (χ2v) is 4.39. The van der Waals surface area contributed by atoms with E-state index < -0.39 is 0 Å². The molecule has 0 aromatic rings. The molecule has 0 saturated heterocycles. The van der Waals surface area contributed by atoms with Crippen molar-refractivity contribution in [3.63, 3.8) is 0 Å². The third-order valence-corrected chi connectivity index (χ3v) is 2.53. The molecule has 1 heterocycles. The van der Waals surface area contributed by atoms with Crippen LogP contribution in [0.2, 0.25) is 0 Å². The van der Waals surface area contributed by atoms with Crippen molar-refractivity contribution >= 4 is 11.9 Å². The zero-order valence-electron chi connectivity index (χ0n) is 10.5. The van der Waals surface area contributed by atoms with E-state index in [0.717, 1.165) is 0 Å². The van der Waals surface area contributed by atoms with Crippen molar-refractivity contribution in [2.45, 2.75) is 58.2 Å². The maximum Gasteiger partial charge on any atom is 0.306 e. The molecular formula is C13H20O4. The molecule has 0 spiro atoms. The van der Waals surface area contributed by atoms with Gasteiger partial charge in [0.25, 0.3) is 0 Å². The lowest BCUT2D eigenvalue weighted by Crippen LogP contribution is -2.23. The Morgan fingerprint density at radius 3 is 1.76 bits per heavy atom. The lowest BCUT2D eigenvalue weighted by Gasteiger charge is -2.18. The van der Waals surface area contributed by atoms with Crippen LogP contribution in [0, 0.1) is 0 Å². The van der Waals surface area contributed by atoms with Crippen molar-refractivity contribution in [3.8, 4) is 0 Å². The summed E-state index contributed by atoms with van der Waals surface area (Å²) in [5.41, 5.74) is 0. The van der Waals surface area contributed by atoms with E-state index in [-0.39, 0.29) is 24.1 Å². The zero-order chi connectivity index (χ0) is 12.7. The van der Waals surface area contributed by atoms with Gasteiger partial charge in [-0.25, -0.2) is 0 Å². The molecule has 0 amide bonds. The van der Waals surface area contributed by atoms with Crippen molar-refractivity contribution in [3.05, 3.63) is 12.2 Å². The first-order chi connectivity index (χ1) is 8.08. The zero-order valence-corrected chi connectivity index (χ0v) is 10.5. The summed E-state index contributed by atoms with van der Waals surface area (Å²) in [5, 5.41) is 0. The van der Waals surface area contributed by atoms with Gasteiger partial charge < -0.3 is 9.47 Å². The third kappa shape index (κ3) is 6.09. The monoisotopic (exact) mass is 240 g/mol. The van der Waals surface area contributed by atoms with Gasteiger partial charge in [-0.05, 0) is 26.7 Å². The SMILES string of the molecule is C[C@@H]1C[C@H](C)OC(=O)CC/C=C/CCC(=O)O1. The number of esters is 2. The van der Waals surface area contributed by atoms with Crippen molar-refractivity contribution in [2.24, 2.45) is 0 Å². The fourth-order valence-electron chi connectivity index (χ4n) is 1.77. The van der Waals surface area contributed by atoms with Gasteiger partial charge in [-0.2, -0.15) is 0 Å². The maximum atomic E-state index is 11.4. The molecule has 2 atom stereocenters. The number of hydrogen-bond donors (Lipinski definition) is 0. The molecule has 0 radical (unpaired) electrons. The lowest BCUT2D eigenvalue weighted by atomic mass is 10.2. The lowest BCUT2D eigenvalue weighted by molar-refractivity contribution is -0.153. The number of carbonyl (C=O) groups excluding carboxylic acids is 2. The van der Waals surface area contributed by atoms with Gasteiger partial charge in [-0.15, -0.1) is 0 Å². The molecule has 1 aliphatic rings.